The molecule has 1 aliphatic heterocycles. The van der Waals surface area contributed by atoms with E-state index < -0.39 is 14.4 Å². The molecule has 18 heavy (non-hydrogen) atoms. The molecule has 1 rings (SSSR count). The van der Waals surface area contributed by atoms with E-state index in [1.165, 1.54) is 4.90 Å². The van der Waals surface area contributed by atoms with Crippen molar-refractivity contribution in [1.82, 2.24) is 4.90 Å². The van der Waals surface area contributed by atoms with Crippen LogP contribution in [0.2, 0.25) is 18.1 Å². The smallest absolute Gasteiger partial charge is 0.407 e. The zero-order valence-electron chi connectivity index (χ0n) is 12.1. The Morgan fingerprint density at radius 1 is 1.39 bits per heavy atom. The normalized spacial score (nSPS) is 21.8. The lowest BCUT2D eigenvalue weighted by molar-refractivity contribution is 0.111. The van der Waals surface area contributed by atoms with E-state index in [4.69, 9.17) is 9.53 Å². The van der Waals surface area contributed by atoms with Crippen LogP contribution < -0.4 is 0 Å². The van der Waals surface area contributed by atoms with Crippen molar-refractivity contribution in [2.45, 2.75) is 51.4 Å². The van der Waals surface area contributed by atoms with E-state index in [0.29, 0.717) is 13.1 Å². The Labute approximate surface area is 111 Å². The Kier molecular flexibility index (Phi) is 4.61. The minimum Gasteiger partial charge on any atom is -0.465 e. The minimum atomic E-state index is -1.83. The molecule has 0 aliphatic carbocycles. The van der Waals surface area contributed by atoms with Gasteiger partial charge >= 0.3 is 6.09 Å². The zero-order chi connectivity index (χ0) is 14.0. The highest BCUT2D eigenvalue weighted by Crippen LogP contribution is 2.37. The fraction of sp³-hybridized carbons (Fsp3) is 0.769. The van der Waals surface area contributed by atoms with Crippen molar-refractivity contribution in [3.05, 3.63) is 12.2 Å². The van der Waals surface area contributed by atoms with E-state index in [1.807, 2.05) is 12.2 Å². The summed E-state index contributed by atoms with van der Waals surface area (Å²) in [6, 6.07) is 0. The number of rotatable bonds is 2. The van der Waals surface area contributed by atoms with Crippen molar-refractivity contribution in [2.24, 2.45) is 0 Å². The number of carboxylic acid groups (broad SMARTS) is 1. The van der Waals surface area contributed by atoms with Gasteiger partial charge in [0.2, 0.25) is 0 Å². The van der Waals surface area contributed by atoms with Crippen molar-refractivity contribution in [2.75, 3.05) is 13.1 Å². The van der Waals surface area contributed by atoms with E-state index in [1.54, 1.807) is 0 Å². The zero-order valence-corrected chi connectivity index (χ0v) is 13.1. The molecule has 0 aromatic carbocycles. The van der Waals surface area contributed by atoms with Gasteiger partial charge in [0.1, 0.15) is 0 Å². The van der Waals surface area contributed by atoms with Gasteiger partial charge in [0, 0.05) is 13.1 Å². The van der Waals surface area contributed by atoms with Gasteiger partial charge in [0.25, 0.3) is 0 Å². The molecular weight excluding hydrogens is 246 g/mol. The molecule has 0 radical (unpaired) electrons. The molecule has 0 saturated heterocycles. The highest BCUT2D eigenvalue weighted by molar-refractivity contribution is 6.74. The average molecular weight is 271 g/mol. The number of hydrogen-bond donors (Lipinski definition) is 1. The van der Waals surface area contributed by atoms with Gasteiger partial charge in [-0.1, -0.05) is 32.9 Å². The number of nitrogens with zero attached hydrogens (tertiary/aromatic N) is 1. The van der Waals surface area contributed by atoms with Crippen molar-refractivity contribution < 1.29 is 14.3 Å². The third-order valence-electron chi connectivity index (χ3n) is 3.85. The highest BCUT2D eigenvalue weighted by Gasteiger charge is 2.39. The second-order valence-electron chi connectivity index (χ2n) is 6.39. The standard InChI is InChI=1S/C13H25NO3Si/c1-13(2,3)18(4,5)17-11-8-6-7-9-14(10-11)12(15)16/h6-7,11H,8-10H2,1-5H3,(H,15,16). The molecule has 0 aromatic rings. The van der Waals surface area contributed by atoms with Crippen molar-refractivity contribution in [1.29, 1.82) is 0 Å². The molecule has 4 nitrogen and oxygen atoms in total. The van der Waals surface area contributed by atoms with Gasteiger partial charge in [-0.15, -0.1) is 0 Å². The first-order chi connectivity index (χ1) is 8.13. The molecule has 0 fully saturated rings. The van der Waals surface area contributed by atoms with Gasteiger partial charge in [0.05, 0.1) is 6.10 Å². The summed E-state index contributed by atoms with van der Waals surface area (Å²) in [6.07, 6.45) is 3.85. The van der Waals surface area contributed by atoms with Gasteiger partial charge in [-0.05, 0) is 24.6 Å². The monoisotopic (exact) mass is 271 g/mol. The van der Waals surface area contributed by atoms with Crippen LogP contribution in [0, 0.1) is 0 Å². The molecule has 1 aliphatic rings. The molecule has 1 unspecified atom stereocenters. The second-order valence-corrected chi connectivity index (χ2v) is 11.2. The maximum Gasteiger partial charge on any atom is 0.407 e. The first-order valence-electron chi connectivity index (χ1n) is 6.44. The van der Waals surface area contributed by atoms with Crippen LogP contribution in [0.3, 0.4) is 0 Å². The first kappa shape index (κ1) is 15.2. The molecule has 5 heteroatoms. The first-order valence-corrected chi connectivity index (χ1v) is 9.35. The molecular formula is C13H25NO3Si. The van der Waals surface area contributed by atoms with E-state index in [9.17, 15) is 4.79 Å². The van der Waals surface area contributed by atoms with E-state index in [0.717, 1.165) is 6.42 Å². The van der Waals surface area contributed by atoms with E-state index >= 15 is 0 Å². The highest BCUT2D eigenvalue weighted by atomic mass is 28.4. The van der Waals surface area contributed by atoms with Crippen LogP contribution in [0.1, 0.15) is 27.2 Å². The summed E-state index contributed by atoms with van der Waals surface area (Å²) < 4.78 is 6.29. The van der Waals surface area contributed by atoms with Crippen molar-refractivity contribution >= 4 is 14.4 Å². The maximum atomic E-state index is 11.1. The summed E-state index contributed by atoms with van der Waals surface area (Å²) in [4.78, 5) is 12.5. The quantitative estimate of drug-likeness (QED) is 0.619. The van der Waals surface area contributed by atoms with E-state index in [2.05, 4.69) is 33.9 Å². The van der Waals surface area contributed by atoms with Crippen LogP contribution in [-0.2, 0) is 4.43 Å². The average Bonchev–Trinajstić information content (AvgIpc) is 2.40. The van der Waals surface area contributed by atoms with Crippen LogP contribution in [0.25, 0.3) is 0 Å². The maximum absolute atomic E-state index is 11.1. The minimum absolute atomic E-state index is 0.0132. The van der Waals surface area contributed by atoms with Crippen molar-refractivity contribution in [3.8, 4) is 0 Å². The van der Waals surface area contributed by atoms with Crippen molar-refractivity contribution in [3.63, 3.8) is 0 Å². The Balaban J connectivity index is 2.72. The Hall–Kier alpha value is -0.813. The molecule has 1 atom stereocenters. The molecule has 1 heterocycles. The SMILES string of the molecule is CC(C)(C)[Si](C)(C)OC1CC=CCN(C(=O)O)C1. The lowest BCUT2D eigenvalue weighted by Crippen LogP contribution is -2.47. The molecule has 1 amide bonds. The fourth-order valence-corrected chi connectivity index (χ4v) is 3.04. The van der Waals surface area contributed by atoms with Crippen LogP contribution in [0.5, 0.6) is 0 Å². The van der Waals surface area contributed by atoms with Gasteiger partial charge in [-0.3, -0.25) is 0 Å². The topological polar surface area (TPSA) is 49.8 Å². The summed E-state index contributed by atoms with van der Waals surface area (Å²) in [5, 5.41) is 9.24. The molecule has 1 N–H and O–H groups in total. The molecule has 0 spiro atoms. The summed E-state index contributed by atoms with van der Waals surface area (Å²) >= 11 is 0. The van der Waals surface area contributed by atoms with E-state index in [-0.39, 0.29) is 11.1 Å². The summed E-state index contributed by atoms with van der Waals surface area (Å²) in [5.74, 6) is 0. The summed E-state index contributed by atoms with van der Waals surface area (Å²) in [6.45, 7) is 11.9. The molecule has 0 aromatic heterocycles. The fourth-order valence-electron chi connectivity index (χ4n) is 1.68. The predicted molar refractivity (Wildman–Crippen MR) is 75.4 cm³/mol. The van der Waals surface area contributed by atoms with Gasteiger partial charge < -0.3 is 14.4 Å². The largest absolute Gasteiger partial charge is 0.465 e. The third kappa shape index (κ3) is 3.85. The number of hydrogen-bond acceptors (Lipinski definition) is 2. The van der Waals surface area contributed by atoms with Gasteiger partial charge in [0.15, 0.2) is 8.32 Å². The third-order valence-corrected chi connectivity index (χ3v) is 8.39. The van der Waals surface area contributed by atoms with Gasteiger partial charge in [-0.25, -0.2) is 4.79 Å². The van der Waals surface area contributed by atoms with Crippen LogP contribution in [0.15, 0.2) is 12.2 Å². The summed E-state index contributed by atoms with van der Waals surface area (Å²) in [5.41, 5.74) is 0. The Morgan fingerprint density at radius 3 is 2.50 bits per heavy atom. The van der Waals surface area contributed by atoms with Crippen LogP contribution >= 0.6 is 0 Å². The Bertz CT molecular complexity index is 334. The Morgan fingerprint density at radius 2 is 2.00 bits per heavy atom. The lowest BCUT2D eigenvalue weighted by Gasteiger charge is -2.39. The second kappa shape index (κ2) is 5.44. The van der Waals surface area contributed by atoms with Crippen LogP contribution in [0.4, 0.5) is 4.79 Å². The molecule has 104 valence electrons. The molecule has 0 saturated carbocycles. The van der Waals surface area contributed by atoms with Crippen LogP contribution in [-0.4, -0.2) is 43.6 Å². The lowest BCUT2D eigenvalue weighted by atomic mass is 10.2. The number of carbonyl (C=O) groups is 1. The predicted octanol–water partition coefficient (Wildman–Crippen LogP) is 3.32. The number of amides is 1. The molecule has 0 bridgehead atoms. The van der Waals surface area contributed by atoms with Gasteiger partial charge in [-0.2, -0.15) is 0 Å². The summed E-state index contributed by atoms with van der Waals surface area (Å²) in [7, 11) is -1.83.